The first-order valence-corrected chi connectivity index (χ1v) is 13.5. The minimum atomic E-state index is -3.33. The standard InChI is InChI=1S/C23H30ClN7O2S/c1-34(32,33)29-20-4-2-3-18(15-20)16-31(12-9-17-5-7-19(24)8-6-17)21-10-13-30(14-11-21)23-26-22(25)27-28-23/h2-8,15,21,29H,9-14,16H2,1H3,(H3,25,26,27,28). The number of nitrogen functional groups attached to an aromatic ring is 1. The molecule has 11 heteroatoms. The number of hydrogen-bond acceptors (Lipinski definition) is 7. The minimum Gasteiger partial charge on any atom is -0.368 e. The molecule has 0 spiro atoms. The Hall–Kier alpha value is -2.82. The van der Waals surface area contributed by atoms with E-state index in [-0.39, 0.29) is 0 Å². The van der Waals surface area contributed by atoms with Gasteiger partial charge in [0.2, 0.25) is 21.9 Å². The Labute approximate surface area is 205 Å². The zero-order chi connectivity index (χ0) is 24.1. The van der Waals surface area contributed by atoms with Crippen LogP contribution in [0.25, 0.3) is 0 Å². The van der Waals surface area contributed by atoms with E-state index in [4.69, 9.17) is 17.3 Å². The molecule has 0 saturated carbocycles. The summed E-state index contributed by atoms with van der Waals surface area (Å²) in [4.78, 5) is 8.88. The molecule has 9 nitrogen and oxygen atoms in total. The fourth-order valence-electron chi connectivity index (χ4n) is 4.33. The molecule has 3 aromatic rings. The fourth-order valence-corrected chi connectivity index (χ4v) is 5.01. The maximum atomic E-state index is 11.7. The molecule has 0 unspecified atom stereocenters. The topological polar surface area (TPSA) is 120 Å². The SMILES string of the molecule is CS(=O)(=O)Nc1cccc(CN(CCc2ccc(Cl)cc2)C2CCN(c3n[nH]c(N)n3)CC2)c1. The van der Waals surface area contributed by atoms with Gasteiger partial charge in [-0.2, -0.15) is 4.98 Å². The molecular formula is C23H30ClN7O2S. The summed E-state index contributed by atoms with van der Waals surface area (Å²) < 4.78 is 25.9. The quantitative estimate of drug-likeness (QED) is 0.410. The van der Waals surface area contributed by atoms with Crippen molar-refractivity contribution in [1.82, 2.24) is 20.1 Å². The lowest BCUT2D eigenvalue weighted by atomic mass is 10.0. The number of nitrogens with one attached hydrogen (secondary N) is 2. The highest BCUT2D eigenvalue weighted by molar-refractivity contribution is 7.92. The first-order valence-electron chi connectivity index (χ1n) is 11.2. The number of nitrogens with zero attached hydrogens (tertiary/aromatic N) is 4. The third-order valence-corrected chi connectivity index (χ3v) is 6.83. The molecule has 4 rings (SSSR count). The highest BCUT2D eigenvalue weighted by atomic mass is 35.5. The Morgan fingerprint density at radius 3 is 2.56 bits per heavy atom. The number of hydrogen-bond donors (Lipinski definition) is 3. The van der Waals surface area contributed by atoms with E-state index in [1.807, 2.05) is 30.3 Å². The highest BCUT2D eigenvalue weighted by Crippen LogP contribution is 2.23. The minimum absolute atomic E-state index is 0.323. The second-order valence-electron chi connectivity index (χ2n) is 8.66. The molecule has 0 radical (unpaired) electrons. The molecule has 4 N–H and O–H groups in total. The molecule has 1 fully saturated rings. The summed E-state index contributed by atoms with van der Waals surface area (Å²) in [6.45, 7) is 3.29. The zero-order valence-electron chi connectivity index (χ0n) is 19.1. The van der Waals surface area contributed by atoms with Crippen LogP contribution in [0.4, 0.5) is 17.6 Å². The number of benzene rings is 2. The van der Waals surface area contributed by atoms with E-state index in [0.717, 1.165) is 62.3 Å². The molecule has 34 heavy (non-hydrogen) atoms. The lowest BCUT2D eigenvalue weighted by Gasteiger charge is -2.38. The monoisotopic (exact) mass is 503 g/mol. The third kappa shape index (κ3) is 6.85. The third-order valence-electron chi connectivity index (χ3n) is 5.97. The molecule has 2 heterocycles. The number of H-pyrrole nitrogens is 1. The molecule has 0 aliphatic carbocycles. The van der Waals surface area contributed by atoms with Gasteiger partial charge in [-0.05, 0) is 54.7 Å². The number of rotatable bonds is 9. The normalized spacial score (nSPS) is 15.1. The van der Waals surface area contributed by atoms with Crippen molar-refractivity contribution in [2.24, 2.45) is 0 Å². The number of aromatic nitrogens is 3. The van der Waals surface area contributed by atoms with E-state index in [2.05, 4.69) is 41.8 Å². The average Bonchev–Trinajstić information content (AvgIpc) is 3.23. The van der Waals surface area contributed by atoms with Crippen molar-refractivity contribution in [1.29, 1.82) is 0 Å². The van der Waals surface area contributed by atoms with Crippen LogP contribution in [0.2, 0.25) is 5.02 Å². The molecule has 1 saturated heterocycles. The Balaban J connectivity index is 1.46. The summed E-state index contributed by atoms with van der Waals surface area (Å²) in [6.07, 6.45) is 4.00. The summed E-state index contributed by atoms with van der Waals surface area (Å²) in [7, 11) is -3.33. The zero-order valence-corrected chi connectivity index (χ0v) is 20.7. The summed E-state index contributed by atoms with van der Waals surface area (Å²) in [6, 6.07) is 15.9. The van der Waals surface area contributed by atoms with Crippen molar-refractivity contribution in [3.63, 3.8) is 0 Å². The number of nitrogens with two attached hydrogens (primary N) is 1. The lowest BCUT2D eigenvalue weighted by Crippen LogP contribution is -2.45. The number of halogens is 1. The van der Waals surface area contributed by atoms with E-state index >= 15 is 0 Å². The molecule has 0 amide bonds. The lowest BCUT2D eigenvalue weighted by molar-refractivity contribution is 0.162. The van der Waals surface area contributed by atoms with E-state index in [0.29, 0.717) is 23.6 Å². The summed E-state index contributed by atoms with van der Waals surface area (Å²) in [5.41, 5.74) is 8.56. The first kappa shape index (κ1) is 24.3. The largest absolute Gasteiger partial charge is 0.368 e. The van der Waals surface area contributed by atoms with Gasteiger partial charge in [0.1, 0.15) is 0 Å². The van der Waals surface area contributed by atoms with Crippen LogP contribution < -0.4 is 15.4 Å². The van der Waals surface area contributed by atoms with Crippen LogP contribution in [0.1, 0.15) is 24.0 Å². The van der Waals surface area contributed by atoms with Crippen molar-refractivity contribution in [3.8, 4) is 0 Å². The van der Waals surface area contributed by atoms with E-state index in [1.165, 1.54) is 5.56 Å². The summed E-state index contributed by atoms with van der Waals surface area (Å²) in [5, 5.41) is 7.62. The van der Waals surface area contributed by atoms with Gasteiger partial charge >= 0.3 is 0 Å². The van der Waals surface area contributed by atoms with Crippen LogP contribution in [0, 0.1) is 0 Å². The van der Waals surface area contributed by atoms with Crippen LogP contribution >= 0.6 is 11.6 Å². The van der Waals surface area contributed by atoms with Crippen molar-refractivity contribution in [2.75, 3.05) is 41.2 Å². The van der Waals surface area contributed by atoms with Crippen LogP contribution in [0.3, 0.4) is 0 Å². The number of piperidine rings is 1. The van der Waals surface area contributed by atoms with Gasteiger partial charge in [0, 0.05) is 42.9 Å². The van der Waals surface area contributed by atoms with E-state index < -0.39 is 10.0 Å². The van der Waals surface area contributed by atoms with Crippen LogP contribution in [-0.4, -0.2) is 60.4 Å². The second-order valence-corrected chi connectivity index (χ2v) is 10.8. The van der Waals surface area contributed by atoms with Crippen LogP contribution in [-0.2, 0) is 23.0 Å². The van der Waals surface area contributed by atoms with Gasteiger partial charge in [0.25, 0.3) is 0 Å². The van der Waals surface area contributed by atoms with Crippen molar-refractivity contribution in [3.05, 3.63) is 64.7 Å². The Morgan fingerprint density at radius 1 is 1.18 bits per heavy atom. The Morgan fingerprint density at radius 2 is 1.91 bits per heavy atom. The predicted octanol–water partition coefficient (Wildman–Crippen LogP) is 3.13. The van der Waals surface area contributed by atoms with Gasteiger partial charge in [-0.3, -0.25) is 9.62 Å². The molecule has 182 valence electrons. The number of sulfonamides is 1. The Kier molecular flexibility index (Phi) is 7.60. The predicted molar refractivity (Wildman–Crippen MR) is 137 cm³/mol. The van der Waals surface area contributed by atoms with E-state index in [9.17, 15) is 8.42 Å². The van der Waals surface area contributed by atoms with Gasteiger partial charge < -0.3 is 10.6 Å². The fraction of sp³-hybridized carbons (Fsp3) is 0.391. The molecule has 0 atom stereocenters. The van der Waals surface area contributed by atoms with Gasteiger partial charge in [-0.15, -0.1) is 5.10 Å². The molecule has 0 bridgehead atoms. The van der Waals surface area contributed by atoms with Gasteiger partial charge in [-0.1, -0.05) is 35.9 Å². The molecule has 1 aliphatic heterocycles. The molecule has 2 aromatic carbocycles. The molecule has 1 aliphatic rings. The van der Waals surface area contributed by atoms with Gasteiger partial charge in [-0.25, -0.2) is 13.5 Å². The first-order chi connectivity index (χ1) is 16.2. The van der Waals surface area contributed by atoms with Crippen LogP contribution in [0.5, 0.6) is 0 Å². The van der Waals surface area contributed by atoms with E-state index in [1.54, 1.807) is 6.07 Å². The van der Waals surface area contributed by atoms with Crippen molar-refractivity contribution < 1.29 is 8.42 Å². The molecule has 1 aromatic heterocycles. The maximum Gasteiger partial charge on any atom is 0.246 e. The van der Waals surface area contributed by atoms with Crippen molar-refractivity contribution in [2.45, 2.75) is 31.8 Å². The van der Waals surface area contributed by atoms with Gasteiger partial charge in [0.05, 0.1) is 6.26 Å². The second kappa shape index (κ2) is 10.6. The average molecular weight is 504 g/mol. The molecular weight excluding hydrogens is 474 g/mol. The van der Waals surface area contributed by atoms with Gasteiger partial charge in [0.15, 0.2) is 0 Å². The van der Waals surface area contributed by atoms with Crippen LogP contribution in [0.15, 0.2) is 48.5 Å². The Bertz CT molecular complexity index is 1190. The smallest absolute Gasteiger partial charge is 0.246 e. The highest BCUT2D eigenvalue weighted by Gasteiger charge is 2.26. The summed E-state index contributed by atoms with van der Waals surface area (Å²) >= 11 is 6.05. The summed E-state index contributed by atoms with van der Waals surface area (Å²) in [5.74, 6) is 0.965. The number of aromatic amines is 1. The van der Waals surface area contributed by atoms with Crippen molar-refractivity contribution >= 4 is 39.2 Å². The number of anilines is 3. The maximum absolute atomic E-state index is 11.7.